The summed E-state index contributed by atoms with van der Waals surface area (Å²) >= 11 is 0. The molecule has 0 unspecified atom stereocenters. The first-order valence-electron chi connectivity index (χ1n) is 9.14. The predicted molar refractivity (Wildman–Crippen MR) is 114 cm³/mol. The van der Waals surface area contributed by atoms with Crippen molar-refractivity contribution in [3.8, 4) is 5.75 Å². The van der Waals surface area contributed by atoms with Gasteiger partial charge in [-0.3, -0.25) is 4.79 Å². The van der Waals surface area contributed by atoms with Crippen molar-refractivity contribution < 1.29 is 9.53 Å². The van der Waals surface area contributed by atoms with Crippen LogP contribution in [0.4, 0.5) is 17.2 Å². The third kappa shape index (κ3) is 4.88. The Morgan fingerprint density at radius 3 is 2.07 bits per heavy atom. The summed E-state index contributed by atoms with van der Waals surface area (Å²) in [5.74, 6) is 0.990. The summed E-state index contributed by atoms with van der Waals surface area (Å²) in [5.41, 5.74) is 3.80. The van der Waals surface area contributed by atoms with E-state index >= 15 is 0 Å². The maximum absolute atomic E-state index is 12.3. The maximum Gasteiger partial charge on any atom is 0.256 e. The van der Waals surface area contributed by atoms with E-state index in [1.54, 1.807) is 43.6 Å². The lowest BCUT2D eigenvalue weighted by Gasteiger charge is -2.19. The highest BCUT2D eigenvalue weighted by Crippen LogP contribution is 2.25. The maximum atomic E-state index is 12.3. The minimum absolute atomic E-state index is 0.129. The molecular weight excluding hydrogens is 350 g/mol. The van der Waals surface area contributed by atoms with Crippen molar-refractivity contribution in [2.75, 3.05) is 17.7 Å². The minimum Gasteiger partial charge on any atom is -0.497 e. The normalized spacial score (nSPS) is 11.0. The van der Waals surface area contributed by atoms with Gasteiger partial charge in [-0.1, -0.05) is 32.9 Å². The molecule has 28 heavy (non-hydrogen) atoms. The van der Waals surface area contributed by atoms with Crippen molar-refractivity contribution in [1.29, 1.82) is 0 Å². The van der Waals surface area contributed by atoms with Crippen LogP contribution in [0.5, 0.6) is 5.75 Å². The van der Waals surface area contributed by atoms with E-state index in [0.717, 1.165) is 11.4 Å². The summed E-state index contributed by atoms with van der Waals surface area (Å²) < 4.78 is 5.10. The van der Waals surface area contributed by atoms with E-state index in [1.165, 1.54) is 5.56 Å². The Morgan fingerprint density at radius 2 is 1.54 bits per heavy atom. The van der Waals surface area contributed by atoms with Crippen molar-refractivity contribution in [2.24, 2.45) is 0 Å². The van der Waals surface area contributed by atoms with Crippen LogP contribution in [0.25, 0.3) is 0 Å². The number of hydrogen-bond donors (Lipinski definition) is 2. The first-order valence-corrected chi connectivity index (χ1v) is 9.14. The lowest BCUT2D eigenvalue weighted by molar-refractivity contribution is 0.102. The van der Waals surface area contributed by atoms with Crippen LogP contribution in [0.15, 0.2) is 66.9 Å². The molecule has 144 valence electrons. The Morgan fingerprint density at radius 1 is 0.893 bits per heavy atom. The Balaban J connectivity index is 1.62. The van der Waals surface area contributed by atoms with Gasteiger partial charge in [0.05, 0.1) is 19.0 Å². The van der Waals surface area contributed by atoms with Gasteiger partial charge in [0.25, 0.3) is 5.91 Å². The monoisotopic (exact) mass is 375 g/mol. The number of pyridine rings is 1. The standard InChI is InChI=1S/C23H25N3O2/c1-23(2,3)17-7-9-18(10-8-17)25-19-11-14-21(24-15-19)26-22(27)16-5-12-20(28-4)13-6-16/h5-15,25H,1-4H3,(H,24,26,27). The molecule has 0 saturated carbocycles. The molecule has 2 N–H and O–H groups in total. The Kier molecular flexibility index (Phi) is 5.64. The molecule has 3 rings (SSSR count). The largest absolute Gasteiger partial charge is 0.497 e. The lowest BCUT2D eigenvalue weighted by atomic mass is 9.87. The van der Waals surface area contributed by atoms with Gasteiger partial charge in [0.1, 0.15) is 11.6 Å². The van der Waals surface area contributed by atoms with Crippen molar-refractivity contribution >= 4 is 23.1 Å². The average molecular weight is 375 g/mol. The van der Waals surface area contributed by atoms with Crippen LogP contribution < -0.4 is 15.4 Å². The lowest BCUT2D eigenvalue weighted by Crippen LogP contribution is -2.12. The number of carbonyl (C=O) groups excluding carboxylic acids is 1. The summed E-state index contributed by atoms with van der Waals surface area (Å²) in [5, 5.41) is 6.11. The summed E-state index contributed by atoms with van der Waals surface area (Å²) in [6.07, 6.45) is 1.70. The van der Waals surface area contributed by atoms with Gasteiger partial charge in [-0.25, -0.2) is 4.98 Å². The zero-order chi connectivity index (χ0) is 20.1. The number of methoxy groups -OCH3 is 1. The van der Waals surface area contributed by atoms with Crippen LogP contribution in [0.1, 0.15) is 36.7 Å². The molecule has 0 radical (unpaired) electrons. The molecule has 0 spiro atoms. The molecule has 0 fully saturated rings. The number of rotatable bonds is 5. The van der Waals surface area contributed by atoms with Gasteiger partial charge in [0, 0.05) is 11.3 Å². The highest BCUT2D eigenvalue weighted by Gasteiger charge is 2.13. The molecule has 1 heterocycles. The molecule has 0 bridgehead atoms. The predicted octanol–water partition coefficient (Wildman–Crippen LogP) is 5.38. The van der Waals surface area contributed by atoms with E-state index in [1.807, 2.05) is 6.07 Å². The molecule has 5 heteroatoms. The highest BCUT2D eigenvalue weighted by atomic mass is 16.5. The third-order valence-corrected chi connectivity index (χ3v) is 4.40. The molecule has 0 aliphatic carbocycles. The van der Waals surface area contributed by atoms with Crippen LogP contribution in [0, 0.1) is 0 Å². The summed E-state index contributed by atoms with van der Waals surface area (Å²) in [6, 6.07) is 18.9. The average Bonchev–Trinajstić information content (AvgIpc) is 2.69. The van der Waals surface area contributed by atoms with E-state index in [4.69, 9.17) is 4.74 Å². The molecule has 2 aromatic carbocycles. The number of nitrogens with zero attached hydrogens (tertiary/aromatic N) is 1. The number of benzene rings is 2. The molecule has 0 aliphatic rings. The van der Waals surface area contributed by atoms with E-state index in [0.29, 0.717) is 17.1 Å². The number of carbonyl (C=O) groups is 1. The summed E-state index contributed by atoms with van der Waals surface area (Å²) in [7, 11) is 1.59. The second-order valence-electron chi connectivity index (χ2n) is 7.57. The van der Waals surface area contributed by atoms with Gasteiger partial charge in [0.2, 0.25) is 0 Å². The number of ether oxygens (including phenoxy) is 1. The fourth-order valence-electron chi connectivity index (χ4n) is 2.69. The smallest absolute Gasteiger partial charge is 0.256 e. The van der Waals surface area contributed by atoms with Crippen LogP contribution in [0.2, 0.25) is 0 Å². The van der Waals surface area contributed by atoms with Crippen molar-refractivity contribution in [2.45, 2.75) is 26.2 Å². The first kappa shape index (κ1) is 19.4. The third-order valence-electron chi connectivity index (χ3n) is 4.40. The second kappa shape index (κ2) is 8.13. The molecule has 5 nitrogen and oxygen atoms in total. The van der Waals surface area contributed by atoms with E-state index in [9.17, 15) is 4.79 Å². The fourth-order valence-corrected chi connectivity index (χ4v) is 2.69. The number of amides is 1. The SMILES string of the molecule is COc1ccc(C(=O)Nc2ccc(Nc3ccc(C(C)(C)C)cc3)cn2)cc1. The van der Waals surface area contributed by atoms with E-state index in [-0.39, 0.29) is 11.3 Å². The highest BCUT2D eigenvalue weighted by molar-refractivity contribution is 6.03. The number of anilines is 3. The van der Waals surface area contributed by atoms with Crippen LogP contribution >= 0.6 is 0 Å². The van der Waals surface area contributed by atoms with Crippen molar-refractivity contribution in [1.82, 2.24) is 4.98 Å². The zero-order valence-electron chi connectivity index (χ0n) is 16.6. The topological polar surface area (TPSA) is 63.2 Å². The molecule has 1 aromatic heterocycles. The number of hydrogen-bond acceptors (Lipinski definition) is 4. The Labute approximate surface area is 165 Å². The van der Waals surface area contributed by atoms with Gasteiger partial charge in [-0.15, -0.1) is 0 Å². The summed E-state index contributed by atoms with van der Waals surface area (Å²) in [6.45, 7) is 6.58. The van der Waals surface area contributed by atoms with Crippen LogP contribution in [-0.2, 0) is 5.41 Å². The number of nitrogens with one attached hydrogen (secondary N) is 2. The van der Waals surface area contributed by atoms with Crippen molar-refractivity contribution in [3.05, 3.63) is 78.0 Å². The zero-order valence-corrected chi connectivity index (χ0v) is 16.6. The van der Waals surface area contributed by atoms with Gasteiger partial charge < -0.3 is 15.4 Å². The van der Waals surface area contributed by atoms with Gasteiger partial charge in [-0.05, 0) is 59.5 Å². The molecule has 3 aromatic rings. The Bertz CT molecular complexity index is 926. The quantitative estimate of drug-likeness (QED) is 0.628. The minimum atomic E-state index is -0.214. The van der Waals surface area contributed by atoms with Crippen LogP contribution in [-0.4, -0.2) is 18.0 Å². The van der Waals surface area contributed by atoms with Gasteiger partial charge >= 0.3 is 0 Å². The fraction of sp³-hybridized carbons (Fsp3) is 0.217. The molecule has 0 atom stereocenters. The van der Waals surface area contributed by atoms with E-state index < -0.39 is 0 Å². The van der Waals surface area contributed by atoms with Crippen molar-refractivity contribution in [3.63, 3.8) is 0 Å². The summed E-state index contributed by atoms with van der Waals surface area (Å²) in [4.78, 5) is 16.6. The van der Waals surface area contributed by atoms with Gasteiger partial charge in [-0.2, -0.15) is 0 Å². The molecular formula is C23H25N3O2. The van der Waals surface area contributed by atoms with Gasteiger partial charge in [0.15, 0.2) is 0 Å². The molecule has 1 amide bonds. The van der Waals surface area contributed by atoms with Crippen LogP contribution in [0.3, 0.4) is 0 Å². The van der Waals surface area contributed by atoms with E-state index in [2.05, 4.69) is 60.7 Å². The molecule has 0 saturated heterocycles. The first-order chi connectivity index (χ1) is 13.3. The number of aromatic nitrogens is 1. The Hall–Kier alpha value is -3.34. The second-order valence-corrected chi connectivity index (χ2v) is 7.57. The molecule has 0 aliphatic heterocycles.